The second-order valence-electron chi connectivity index (χ2n) is 4.75. The van der Waals surface area contributed by atoms with Crippen molar-refractivity contribution >= 4 is 11.6 Å². The van der Waals surface area contributed by atoms with Crippen LogP contribution in [0.2, 0.25) is 5.02 Å². The van der Waals surface area contributed by atoms with E-state index >= 15 is 0 Å². The number of hydrogen-bond acceptors (Lipinski definition) is 3. The van der Waals surface area contributed by atoms with Gasteiger partial charge in [0.1, 0.15) is 5.82 Å². The van der Waals surface area contributed by atoms with Gasteiger partial charge in [-0.2, -0.15) is 0 Å². The third kappa shape index (κ3) is 1.93. The van der Waals surface area contributed by atoms with Crippen LogP contribution in [0.25, 0.3) is 0 Å². The zero-order valence-electron chi connectivity index (χ0n) is 10.5. The molecule has 2 N–H and O–H groups in total. The van der Waals surface area contributed by atoms with E-state index in [2.05, 4.69) is 0 Å². The van der Waals surface area contributed by atoms with E-state index in [-0.39, 0.29) is 5.82 Å². The highest BCUT2D eigenvalue weighted by Crippen LogP contribution is 2.53. The molecule has 0 bridgehead atoms. The molecule has 0 heterocycles. The molecule has 1 aromatic rings. The van der Waals surface area contributed by atoms with Crippen LogP contribution < -0.4 is 5.73 Å². The first kappa shape index (κ1) is 13.7. The van der Waals surface area contributed by atoms with E-state index in [1.54, 1.807) is 26.4 Å². The average Bonchev–Trinajstić information content (AvgIpc) is 2.32. The molecule has 0 atom stereocenters. The summed E-state index contributed by atoms with van der Waals surface area (Å²) in [5.74, 6) is -1.00. The number of rotatable bonds is 4. The summed E-state index contributed by atoms with van der Waals surface area (Å²) >= 11 is 6.11. The molecule has 1 aliphatic rings. The van der Waals surface area contributed by atoms with E-state index in [1.807, 2.05) is 0 Å². The Labute approximate surface area is 111 Å². The topological polar surface area (TPSA) is 44.5 Å². The highest BCUT2D eigenvalue weighted by atomic mass is 35.5. The number of ether oxygens (including phenoxy) is 2. The average molecular weight is 274 g/mol. The van der Waals surface area contributed by atoms with Crippen molar-refractivity contribution in [3.05, 3.63) is 34.6 Å². The highest BCUT2D eigenvalue weighted by molar-refractivity contribution is 6.31. The molecule has 3 nitrogen and oxygen atoms in total. The molecule has 0 aromatic heterocycles. The van der Waals surface area contributed by atoms with Gasteiger partial charge in [0, 0.05) is 49.6 Å². The van der Waals surface area contributed by atoms with Crippen LogP contribution in [0.5, 0.6) is 0 Å². The molecule has 18 heavy (non-hydrogen) atoms. The van der Waals surface area contributed by atoms with Crippen LogP contribution in [0.3, 0.4) is 0 Å². The quantitative estimate of drug-likeness (QED) is 0.857. The predicted octanol–water partition coefficient (Wildman–Crippen LogP) is 2.46. The van der Waals surface area contributed by atoms with Gasteiger partial charge in [0.15, 0.2) is 5.79 Å². The second kappa shape index (κ2) is 4.78. The highest BCUT2D eigenvalue weighted by Gasteiger charge is 2.57. The standard InChI is InChI=1S/C13H17ClFNO2/c1-17-13(18-2)6-12(7-13,8-16)11-9(14)4-3-5-10(11)15/h3-5H,6-8,16H2,1-2H3. The Kier molecular flexibility index (Phi) is 3.65. The number of hydrogen-bond donors (Lipinski definition) is 1. The first-order valence-corrected chi connectivity index (χ1v) is 6.15. The lowest BCUT2D eigenvalue weighted by molar-refractivity contribution is -0.277. The van der Waals surface area contributed by atoms with Gasteiger partial charge in [-0.25, -0.2) is 4.39 Å². The lowest BCUT2D eigenvalue weighted by Gasteiger charge is -2.54. The van der Waals surface area contributed by atoms with Gasteiger partial charge in [-0.05, 0) is 12.1 Å². The van der Waals surface area contributed by atoms with Crippen molar-refractivity contribution in [2.24, 2.45) is 5.73 Å². The van der Waals surface area contributed by atoms with Gasteiger partial charge in [-0.15, -0.1) is 0 Å². The molecule has 0 spiro atoms. The van der Waals surface area contributed by atoms with Gasteiger partial charge < -0.3 is 15.2 Å². The summed E-state index contributed by atoms with van der Waals surface area (Å²) in [5.41, 5.74) is 5.80. The van der Waals surface area contributed by atoms with Gasteiger partial charge in [0.05, 0.1) is 0 Å². The van der Waals surface area contributed by atoms with E-state index in [1.165, 1.54) is 6.07 Å². The fourth-order valence-corrected chi connectivity index (χ4v) is 3.14. The third-order valence-electron chi connectivity index (χ3n) is 3.84. The molecule has 0 unspecified atom stereocenters. The lowest BCUT2D eigenvalue weighted by atomic mass is 9.60. The van der Waals surface area contributed by atoms with Gasteiger partial charge in [-0.1, -0.05) is 17.7 Å². The Morgan fingerprint density at radius 1 is 1.33 bits per heavy atom. The maximum Gasteiger partial charge on any atom is 0.169 e. The van der Waals surface area contributed by atoms with Crippen LogP contribution in [0.1, 0.15) is 18.4 Å². The van der Waals surface area contributed by atoms with E-state index in [0.717, 1.165) is 0 Å². The minimum Gasteiger partial charge on any atom is -0.353 e. The smallest absolute Gasteiger partial charge is 0.169 e. The summed E-state index contributed by atoms with van der Waals surface area (Å²) in [6, 6.07) is 4.67. The third-order valence-corrected chi connectivity index (χ3v) is 4.16. The van der Waals surface area contributed by atoms with Crippen LogP contribution in [0.4, 0.5) is 4.39 Å². The number of nitrogens with two attached hydrogens (primary N) is 1. The summed E-state index contributed by atoms with van der Waals surface area (Å²) in [6.07, 6.45) is 1.01. The van der Waals surface area contributed by atoms with Crippen LogP contribution in [-0.2, 0) is 14.9 Å². The first-order valence-electron chi connectivity index (χ1n) is 5.77. The van der Waals surface area contributed by atoms with E-state index in [9.17, 15) is 4.39 Å². The molecular formula is C13H17ClFNO2. The van der Waals surface area contributed by atoms with Crippen LogP contribution in [0.15, 0.2) is 18.2 Å². The lowest BCUT2D eigenvalue weighted by Crippen LogP contribution is -2.60. The molecule has 0 aliphatic heterocycles. The van der Waals surface area contributed by atoms with Crippen LogP contribution in [0, 0.1) is 5.82 Å². The van der Waals surface area contributed by atoms with Crippen molar-refractivity contribution in [2.75, 3.05) is 20.8 Å². The summed E-state index contributed by atoms with van der Waals surface area (Å²) in [7, 11) is 3.15. The van der Waals surface area contributed by atoms with Gasteiger partial charge in [0.2, 0.25) is 0 Å². The summed E-state index contributed by atoms with van der Waals surface area (Å²) in [6.45, 7) is 0.308. The summed E-state index contributed by atoms with van der Waals surface area (Å²) in [4.78, 5) is 0. The largest absolute Gasteiger partial charge is 0.353 e. The predicted molar refractivity (Wildman–Crippen MR) is 68.1 cm³/mol. The molecule has 0 saturated heterocycles. The number of methoxy groups -OCH3 is 2. The molecule has 1 aromatic carbocycles. The van der Waals surface area contributed by atoms with Gasteiger partial charge >= 0.3 is 0 Å². The molecule has 0 amide bonds. The summed E-state index contributed by atoms with van der Waals surface area (Å²) < 4.78 is 24.7. The normalized spacial score (nSPS) is 20.5. The van der Waals surface area contributed by atoms with E-state index in [0.29, 0.717) is 30.0 Å². The molecular weight excluding hydrogens is 257 g/mol. The molecule has 1 saturated carbocycles. The number of halogens is 2. The van der Waals surface area contributed by atoms with E-state index < -0.39 is 11.2 Å². The zero-order valence-corrected chi connectivity index (χ0v) is 11.3. The zero-order chi connectivity index (χ0) is 13.4. The Hall–Kier alpha value is -0.680. The summed E-state index contributed by atoms with van der Waals surface area (Å²) in [5, 5.41) is 0.404. The van der Waals surface area contributed by atoms with Gasteiger partial charge in [0.25, 0.3) is 0 Å². The van der Waals surface area contributed by atoms with Crippen molar-refractivity contribution in [1.29, 1.82) is 0 Å². The molecule has 1 fully saturated rings. The van der Waals surface area contributed by atoms with Crippen molar-refractivity contribution in [3.63, 3.8) is 0 Å². The molecule has 0 radical (unpaired) electrons. The Balaban J connectivity index is 2.37. The second-order valence-corrected chi connectivity index (χ2v) is 5.16. The molecule has 1 aliphatic carbocycles. The Morgan fingerprint density at radius 3 is 2.39 bits per heavy atom. The van der Waals surface area contributed by atoms with Crippen molar-refractivity contribution in [2.45, 2.75) is 24.0 Å². The van der Waals surface area contributed by atoms with Crippen LogP contribution in [-0.4, -0.2) is 26.6 Å². The molecule has 5 heteroatoms. The van der Waals surface area contributed by atoms with Crippen molar-refractivity contribution in [1.82, 2.24) is 0 Å². The fraction of sp³-hybridized carbons (Fsp3) is 0.538. The molecule has 100 valence electrons. The monoisotopic (exact) mass is 273 g/mol. The van der Waals surface area contributed by atoms with Crippen LogP contribution >= 0.6 is 11.6 Å². The maximum atomic E-state index is 14.0. The number of benzene rings is 1. The van der Waals surface area contributed by atoms with Crippen molar-refractivity contribution < 1.29 is 13.9 Å². The first-order chi connectivity index (χ1) is 8.52. The minimum atomic E-state index is -0.676. The SMILES string of the molecule is COC1(OC)CC(CN)(c2c(F)cccc2Cl)C1. The fourth-order valence-electron chi connectivity index (χ4n) is 2.78. The maximum absolute atomic E-state index is 14.0. The van der Waals surface area contributed by atoms with Gasteiger partial charge in [-0.3, -0.25) is 0 Å². The van der Waals surface area contributed by atoms with E-state index in [4.69, 9.17) is 26.8 Å². The Bertz CT molecular complexity index is 420. The van der Waals surface area contributed by atoms with Crippen molar-refractivity contribution in [3.8, 4) is 0 Å². The molecule has 2 rings (SSSR count). The Morgan fingerprint density at radius 2 is 1.94 bits per heavy atom. The minimum absolute atomic E-state index is 0.308.